The first-order valence-electron chi connectivity index (χ1n) is 4.90. The Labute approximate surface area is 104 Å². The summed E-state index contributed by atoms with van der Waals surface area (Å²) in [5.74, 6) is -1.91. The summed E-state index contributed by atoms with van der Waals surface area (Å²) >= 11 is 5.16. The van der Waals surface area contributed by atoms with E-state index in [1.54, 1.807) is 0 Å². The molecule has 0 aliphatic heterocycles. The van der Waals surface area contributed by atoms with Gasteiger partial charge in [0, 0.05) is 5.57 Å². The number of alkyl carbamates (subject to hydrolysis) is 1. The number of carbonyl (C=O) groups excluding carboxylic acids is 2. The van der Waals surface area contributed by atoms with Crippen LogP contribution < -0.4 is 5.32 Å². The zero-order valence-corrected chi connectivity index (χ0v) is 10.1. The quantitative estimate of drug-likeness (QED) is 0.428. The maximum atomic E-state index is 10.9. The average molecular weight is 264 g/mol. The average Bonchev–Trinajstić information content (AvgIpc) is 2.27. The minimum Gasteiger partial charge on any atom is -0.478 e. The van der Waals surface area contributed by atoms with Crippen LogP contribution in [0.4, 0.5) is 4.79 Å². The highest BCUT2D eigenvalue weighted by molar-refractivity contribution is 6.28. The molecule has 7 heteroatoms. The summed E-state index contributed by atoms with van der Waals surface area (Å²) in [7, 11) is 0. The van der Waals surface area contributed by atoms with Crippen molar-refractivity contribution in [3.63, 3.8) is 0 Å². The van der Waals surface area contributed by atoms with Gasteiger partial charge < -0.3 is 9.84 Å². The second kappa shape index (κ2) is 8.58. The number of carbonyl (C=O) groups is 3. The lowest BCUT2D eigenvalue weighted by atomic mass is 10.2. The largest absolute Gasteiger partial charge is 0.478 e. The number of alkyl halides is 1. The van der Waals surface area contributed by atoms with Crippen molar-refractivity contribution in [2.75, 3.05) is 12.5 Å². The molecule has 0 heterocycles. The van der Waals surface area contributed by atoms with Crippen molar-refractivity contribution >= 4 is 29.6 Å². The van der Waals surface area contributed by atoms with Gasteiger partial charge in [0.15, 0.2) is 0 Å². The fourth-order valence-corrected chi connectivity index (χ4v) is 0.904. The SMILES string of the molecule is CC(=CCCCOC(=O)NC(=O)CCl)C(=O)O. The molecule has 96 valence electrons. The minimum atomic E-state index is -0.976. The topological polar surface area (TPSA) is 92.7 Å². The Morgan fingerprint density at radius 1 is 1.41 bits per heavy atom. The first kappa shape index (κ1) is 15.4. The summed E-state index contributed by atoms with van der Waals surface area (Å²) in [4.78, 5) is 32.0. The first-order chi connectivity index (χ1) is 7.97. The number of imide groups is 1. The highest BCUT2D eigenvalue weighted by Gasteiger charge is 2.06. The molecule has 0 aromatic carbocycles. The standard InChI is InChI=1S/C10H14ClNO5/c1-7(9(14)15)4-2-3-5-17-10(16)12-8(13)6-11/h4H,2-3,5-6H2,1H3,(H,14,15)(H,12,13,16). The highest BCUT2D eigenvalue weighted by atomic mass is 35.5. The molecule has 0 aliphatic carbocycles. The highest BCUT2D eigenvalue weighted by Crippen LogP contribution is 1.99. The molecule has 0 saturated heterocycles. The Kier molecular flexibility index (Phi) is 7.79. The Hall–Kier alpha value is -1.56. The maximum Gasteiger partial charge on any atom is 0.413 e. The smallest absolute Gasteiger partial charge is 0.413 e. The van der Waals surface area contributed by atoms with Gasteiger partial charge in [0.1, 0.15) is 5.88 Å². The molecule has 0 aromatic rings. The molecule has 0 aromatic heterocycles. The van der Waals surface area contributed by atoms with E-state index in [0.29, 0.717) is 12.8 Å². The van der Waals surface area contributed by atoms with Crippen LogP contribution in [0.2, 0.25) is 0 Å². The zero-order valence-electron chi connectivity index (χ0n) is 9.36. The van der Waals surface area contributed by atoms with Crippen LogP contribution >= 0.6 is 11.6 Å². The number of carboxylic acid groups (broad SMARTS) is 1. The number of ether oxygens (including phenoxy) is 1. The van der Waals surface area contributed by atoms with Crippen molar-refractivity contribution in [1.29, 1.82) is 0 Å². The van der Waals surface area contributed by atoms with E-state index in [2.05, 4.69) is 4.74 Å². The van der Waals surface area contributed by atoms with Crippen molar-refractivity contribution in [1.82, 2.24) is 5.32 Å². The molecule has 2 N–H and O–H groups in total. The Morgan fingerprint density at radius 2 is 2.06 bits per heavy atom. The van der Waals surface area contributed by atoms with Gasteiger partial charge in [-0.25, -0.2) is 9.59 Å². The van der Waals surface area contributed by atoms with E-state index in [0.717, 1.165) is 0 Å². The van der Waals surface area contributed by atoms with E-state index in [4.69, 9.17) is 16.7 Å². The van der Waals surface area contributed by atoms with Gasteiger partial charge in [-0.15, -0.1) is 11.6 Å². The normalized spacial score (nSPS) is 10.8. The monoisotopic (exact) mass is 263 g/mol. The molecule has 0 radical (unpaired) electrons. The number of halogens is 1. The summed E-state index contributed by atoms with van der Waals surface area (Å²) in [5, 5.41) is 10.4. The van der Waals surface area contributed by atoms with Crippen LogP contribution in [0, 0.1) is 0 Å². The van der Waals surface area contributed by atoms with Crippen LogP contribution in [0.3, 0.4) is 0 Å². The van der Waals surface area contributed by atoms with Crippen LogP contribution in [-0.2, 0) is 14.3 Å². The Bertz CT molecular complexity index is 327. The Morgan fingerprint density at radius 3 is 2.59 bits per heavy atom. The van der Waals surface area contributed by atoms with Gasteiger partial charge >= 0.3 is 12.1 Å². The van der Waals surface area contributed by atoms with Crippen molar-refractivity contribution in [3.05, 3.63) is 11.6 Å². The van der Waals surface area contributed by atoms with Crippen LogP contribution in [0.5, 0.6) is 0 Å². The molecule has 0 rings (SSSR count). The van der Waals surface area contributed by atoms with E-state index >= 15 is 0 Å². The van der Waals surface area contributed by atoms with Crippen molar-refractivity contribution in [2.24, 2.45) is 0 Å². The summed E-state index contributed by atoms with van der Waals surface area (Å²) in [6, 6.07) is 0. The number of amides is 2. The van der Waals surface area contributed by atoms with Crippen LogP contribution in [0.15, 0.2) is 11.6 Å². The van der Waals surface area contributed by atoms with Crippen LogP contribution in [-0.4, -0.2) is 35.6 Å². The Balaban J connectivity index is 3.65. The molecular formula is C10H14ClNO5. The second-order valence-electron chi connectivity index (χ2n) is 3.15. The molecule has 0 aliphatic rings. The van der Waals surface area contributed by atoms with Crippen molar-refractivity contribution < 1.29 is 24.2 Å². The molecule has 0 unspecified atom stereocenters. The van der Waals surface area contributed by atoms with E-state index < -0.39 is 18.0 Å². The summed E-state index contributed by atoms with van der Waals surface area (Å²) < 4.78 is 4.65. The van der Waals surface area contributed by atoms with Gasteiger partial charge in [-0.2, -0.15) is 0 Å². The van der Waals surface area contributed by atoms with Gasteiger partial charge in [-0.3, -0.25) is 10.1 Å². The molecule has 0 saturated carbocycles. The third-order valence-electron chi connectivity index (χ3n) is 1.73. The molecule has 17 heavy (non-hydrogen) atoms. The molecule has 0 bridgehead atoms. The summed E-state index contributed by atoms with van der Waals surface area (Å²) in [6.45, 7) is 1.58. The number of aliphatic carboxylic acids is 1. The number of rotatable bonds is 6. The molecule has 0 spiro atoms. The van der Waals surface area contributed by atoms with Gasteiger partial charge in [0.05, 0.1) is 6.61 Å². The zero-order chi connectivity index (χ0) is 13.3. The van der Waals surface area contributed by atoms with E-state index in [9.17, 15) is 14.4 Å². The summed E-state index contributed by atoms with van der Waals surface area (Å²) in [6.07, 6.45) is 1.64. The number of hydrogen-bond acceptors (Lipinski definition) is 4. The van der Waals surface area contributed by atoms with Gasteiger partial charge in [-0.1, -0.05) is 6.08 Å². The lowest BCUT2D eigenvalue weighted by molar-refractivity contribution is -0.132. The van der Waals surface area contributed by atoms with E-state index in [1.807, 2.05) is 5.32 Å². The predicted molar refractivity (Wildman–Crippen MR) is 60.8 cm³/mol. The minimum absolute atomic E-state index is 0.102. The molecule has 2 amide bonds. The number of nitrogens with one attached hydrogen (secondary N) is 1. The van der Waals surface area contributed by atoms with Crippen molar-refractivity contribution in [2.45, 2.75) is 19.8 Å². The fraction of sp³-hybridized carbons (Fsp3) is 0.500. The lowest BCUT2D eigenvalue weighted by Gasteiger charge is -2.03. The molecule has 6 nitrogen and oxygen atoms in total. The third-order valence-corrected chi connectivity index (χ3v) is 1.98. The molecule has 0 atom stereocenters. The second-order valence-corrected chi connectivity index (χ2v) is 3.42. The van der Waals surface area contributed by atoms with E-state index in [-0.39, 0.29) is 18.1 Å². The summed E-state index contributed by atoms with van der Waals surface area (Å²) in [5.41, 5.74) is 0.242. The van der Waals surface area contributed by atoms with Crippen LogP contribution in [0.1, 0.15) is 19.8 Å². The maximum absolute atomic E-state index is 10.9. The van der Waals surface area contributed by atoms with Gasteiger partial charge in [0.25, 0.3) is 0 Å². The first-order valence-corrected chi connectivity index (χ1v) is 5.43. The molecule has 0 fully saturated rings. The number of carboxylic acids is 1. The predicted octanol–water partition coefficient (Wildman–Crippen LogP) is 1.29. The van der Waals surface area contributed by atoms with Crippen molar-refractivity contribution in [3.8, 4) is 0 Å². The lowest BCUT2D eigenvalue weighted by Crippen LogP contribution is -2.32. The molecular weight excluding hydrogens is 250 g/mol. The third kappa shape index (κ3) is 8.27. The van der Waals surface area contributed by atoms with Gasteiger partial charge in [-0.05, 0) is 19.8 Å². The number of allylic oxidation sites excluding steroid dienone is 1. The number of unbranched alkanes of at least 4 members (excludes halogenated alkanes) is 1. The number of hydrogen-bond donors (Lipinski definition) is 2. The van der Waals surface area contributed by atoms with Crippen LogP contribution in [0.25, 0.3) is 0 Å². The van der Waals surface area contributed by atoms with Gasteiger partial charge in [0.2, 0.25) is 5.91 Å². The fourth-order valence-electron chi connectivity index (χ4n) is 0.837. The van der Waals surface area contributed by atoms with E-state index in [1.165, 1.54) is 13.0 Å².